The van der Waals surface area contributed by atoms with E-state index in [-0.39, 0.29) is 5.82 Å². The van der Waals surface area contributed by atoms with Crippen LogP contribution in [0.15, 0.2) is 18.2 Å². The molecule has 2 aliphatic heterocycles. The lowest BCUT2D eigenvalue weighted by molar-refractivity contribution is -0.000207. The minimum absolute atomic E-state index is 0.350. The minimum Gasteiger partial charge on any atom is -0.381 e. The van der Waals surface area contributed by atoms with Crippen LogP contribution < -0.4 is 4.90 Å². The number of benzene rings is 1. The molecule has 2 fully saturated rings. The highest BCUT2D eigenvalue weighted by molar-refractivity contribution is 5.61. The van der Waals surface area contributed by atoms with Gasteiger partial charge in [0.1, 0.15) is 11.9 Å². The fraction of sp³-hybridized carbons (Fsp3) is 0.500. The van der Waals surface area contributed by atoms with Gasteiger partial charge in [-0.15, -0.1) is 0 Å². The largest absolute Gasteiger partial charge is 0.381 e. The molecule has 4 heteroatoms. The first-order chi connectivity index (χ1) is 8.72. The van der Waals surface area contributed by atoms with E-state index in [9.17, 15) is 4.39 Å². The zero-order valence-corrected chi connectivity index (χ0v) is 10.2. The van der Waals surface area contributed by atoms with Crippen molar-refractivity contribution in [3.8, 4) is 6.07 Å². The SMILES string of the molecule is N#Cc1cc(F)ccc1N1CC2(CCOCC2)C1. The quantitative estimate of drug-likeness (QED) is 0.763. The van der Waals surface area contributed by atoms with Gasteiger partial charge in [0.2, 0.25) is 0 Å². The molecule has 0 unspecified atom stereocenters. The van der Waals surface area contributed by atoms with Crippen LogP contribution in [-0.4, -0.2) is 26.3 Å². The second-order valence-corrected chi connectivity index (χ2v) is 5.24. The number of hydrogen-bond donors (Lipinski definition) is 0. The monoisotopic (exact) mass is 246 g/mol. The Hall–Kier alpha value is -1.60. The predicted molar refractivity (Wildman–Crippen MR) is 65.8 cm³/mol. The average molecular weight is 246 g/mol. The summed E-state index contributed by atoms with van der Waals surface area (Å²) in [6, 6.07) is 6.51. The van der Waals surface area contributed by atoms with Gasteiger partial charge >= 0.3 is 0 Å². The minimum atomic E-state index is -0.350. The predicted octanol–water partition coefficient (Wildman–Crippen LogP) is 2.31. The zero-order chi connectivity index (χ0) is 12.6. The molecule has 0 saturated carbocycles. The molecule has 3 rings (SSSR count). The lowest BCUT2D eigenvalue weighted by atomic mass is 9.73. The highest BCUT2D eigenvalue weighted by Gasteiger charge is 2.44. The van der Waals surface area contributed by atoms with Crippen LogP contribution in [0.1, 0.15) is 18.4 Å². The fourth-order valence-corrected chi connectivity index (χ4v) is 2.93. The van der Waals surface area contributed by atoms with Gasteiger partial charge in [-0.25, -0.2) is 4.39 Å². The molecule has 1 aromatic rings. The summed E-state index contributed by atoms with van der Waals surface area (Å²) in [4.78, 5) is 2.17. The molecular formula is C14H15FN2O. The smallest absolute Gasteiger partial charge is 0.124 e. The van der Waals surface area contributed by atoms with Gasteiger partial charge in [0.25, 0.3) is 0 Å². The number of hydrogen-bond acceptors (Lipinski definition) is 3. The fourth-order valence-electron chi connectivity index (χ4n) is 2.93. The number of rotatable bonds is 1. The lowest BCUT2D eigenvalue weighted by Crippen LogP contribution is -2.58. The maximum absolute atomic E-state index is 13.1. The summed E-state index contributed by atoms with van der Waals surface area (Å²) < 4.78 is 18.5. The van der Waals surface area contributed by atoms with E-state index in [0.717, 1.165) is 44.8 Å². The Labute approximate surface area is 106 Å². The van der Waals surface area contributed by atoms with Crippen molar-refractivity contribution in [2.24, 2.45) is 5.41 Å². The topological polar surface area (TPSA) is 36.3 Å². The summed E-state index contributed by atoms with van der Waals surface area (Å²) in [5, 5.41) is 9.05. The standard InChI is InChI=1S/C14H15FN2O/c15-12-1-2-13(11(7-12)8-16)17-9-14(10-17)3-5-18-6-4-14/h1-2,7H,3-6,9-10H2. The van der Waals surface area contributed by atoms with E-state index < -0.39 is 0 Å². The third kappa shape index (κ3) is 1.85. The Bertz CT molecular complexity index is 495. The van der Waals surface area contributed by atoms with Crippen molar-refractivity contribution in [3.05, 3.63) is 29.6 Å². The van der Waals surface area contributed by atoms with Crippen molar-refractivity contribution in [3.63, 3.8) is 0 Å². The maximum Gasteiger partial charge on any atom is 0.124 e. The first-order valence-corrected chi connectivity index (χ1v) is 6.25. The molecule has 18 heavy (non-hydrogen) atoms. The Morgan fingerprint density at radius 3 is 2.67 bits per heavy atom. The molecule has 3 nitrogen and oxygen atoms in total. The van der Waals surface area contributed by atoms with Crippen molar-refractivity contribution in [1.29, 1.82) is 5.26 Å². The summed E-state index contributed by atoms with van der Waals surface area (Å²) in [5.74, 6) is -0.350. The first-order valence-electron chi connectivity index (χ1n) is 6.25. The van der Waals surface area contributed by atoms with Crippen LogP contribution in [0, 0.1) is 22.6 Å². The Morgan fingerprint density at radius 1 is 1.28 bits per heavy atom. The van der Waals surface area contributed by atoms with Crippen LogP contribution in [0.25, 0.3) is 0 Å². The van der Waals surface area contributed by atoms with Crippen LogP contribution >= 0.6 is 0 Å². The van der Waals surface area contributed by atoms with E-state index >= 15 is 0 Å². The van der Waals surface area contributed by atoms with Gasteiger partial charge in [0.05, 0.1) is 11.3 Å². The molecule has 0 atom stereocenters. The zero-order valence-electron chi connectivity index (χ0n) is 10.2. The number of nitrogens with zero attached hydrogens (tertiary/aromatic N) is 2. The van der Waals surface area contributed by atoms with E-state index in [2.05, 4.69) is 11.0 Å². The van der Waals surface area contributed by atoms with Gasteiger partial charge in [0.15, 0.2) is 0 Å². The van der Waals surface area contributed by atoms with Crippen LogP contribution in [0.3, 0.4) is 0 Å². The van der Waals surface area contributed by atoms with E-state index in [4.69, 9.17) is 10.00 Å². The van der Waals surface area contributed by atoms with Gasteiger partial charge in [-0.2, -0.15) is 5.26 Å². The number of ether oxygens (including phenoxy) is 1. The second kappa shape index (κ2) is 4.25. The van der Waals surface area contributed by atoms with Gasteiger partial charge in [-0.1, -0.05) is 0 Å². The summed E-state index contributed by atoms with van der Waals surface area (Å²) in [6.07, 6.45) is 2.18. The van der Waals surface area contributed by atoms with Gasteiger partial charge in [-0.3, -0.25) is 0 Å². The van der Waals surface area contributed by atoms with Gasteiger partial charge < -0.3 is 9.64 Å². The Morgan fingerprint density at radius 2 is 2.00 bits per heavy atom. The van der Waals surface area contributed by atoms with Crippen molar-refractivity contribution in [2.75, 3.05) is 31.2 Å². The molecule has 1 spiro atoms. The van der Waals surface area contributed by atoms with Crippen molar-refractivity contribution < 1.29 is 9.13 Å². The van der Waals surface area contributed by atoms with E-state index in [1.54, 1.807) is 6.07 Å². The van der Waals surface area contributed by atoms with Crippen LogP contribution in [0.4, 0.5) is 10.1 Å². The number of nitriles is 1. The van der Waals surface area contributed by atoms with Crippen molar-refractivity contribution >= 4 is 5.69 Å². The van der Waals surface area contributed by atoms with E-state index in [0.29, 0.717) is 11.0 Å². The molecule has 0 radical (unpaired) electrons. The number of halogens is 1. The highest BCUT2D eigenvalue weighted by Crippen LogP contribution is 2.42. The van der Waals surface area contributed by atoms with Crippen LogP contribution in [-0.2, 0) is 4.74 Å². The molecule has 0 bridgehead atoms. The summed E-state index contributed by atoms with van der Waals surface area (Å²) in [7, 11) is 0. The van der Waals surface area contributed by atoms with E-state index in [1.807, 2.05) is 0 Å². The molecule has 2 heterocycles. The molecule has 2 saturated heterocycles. The third-order valence-electron chi connectivity index (χ3n) is 4.03. The molecule has 0 N–H and O–H groups in total. The van der Waals surface area contributed by atoms with Crippen molar-refractivity contribution in [2.45, 2.75) is 12.8 Å². The van der Waals surface area contributed by atoms with Gasteiger partial charge in [0, 0.05) is 31.7 Å². The number of anilines is 1. The Balaban J connectivity index is 1.77. The normalized spacial score (nSPS) is 21.4. The first kappa shape index (κ1) is 11.5. The second-order valence-electron chi connectivity index (χ2n) is 5.24. The molecule has 0 aromatic heterocycles. The Kier molecular flexibility index (Phi) is 2.71. The molecule has 2 aliphatic rings. The van der Waals surface area contributed by atoms with E-state index in [1.165, 1.54) is 12.1 Å². The molecule has 1 aromatic carbocycles. The lowest BCUT2D eigenvalue weighted by Gasteiger charge is -2.53. The van der Waals surface area contributed by atoms with Gasteiger partial charge in [-0.05, 0) is 31.0 Å². The summed E-state index contributed by atoms with van der Waals surface area (Å²) in [6.45, 7) is 3.58. The molecular weight excluding hydrogens is 231 g/mol. The molecule has 94 valence electrons. The highest BCUT2D eigenvalue weighted by atomic mass is 19.1. The van der Waals surface area contributed by atoms with Crippen molar-refractivity contribution in [1.82, 2.24) is 0 Å². The third-order valence-corrected chi connectivity index (χ3v) is 4.03. The maximum atomic E-state index is 13.1. The molecule has 0 amide bonds. The van der Waals surface area contributed by atoms with Crippen LogP contribution in [0.2, 0.25) is 0 Å². The average Bonchev–Trinajstić information content (AvgIpc) is 2.37. The van der Waals surface area contributed by atoms with Crippen LogP contribution in [0.5, 0.6) is 0 Å². The summed E-state index contributed by atoms with van der Waals surface area (Å²) >= 11 is 0. The molecule has 0 aliphatic carbocycles. The summed E-state index contributed by atoms with van der Waals surface area (Å²) in [5.41, 5.74) is 1.65.